The second kappa shape index (κ2) is 6.58. The molecule has 2 N–H and O–H groups in total. The molecule has 6 nitrogen and oxygen atoms in total. The summed E-state index contributed by atoms with van der Waals surface area (Å²) in [5.41, 5.74) is 7.85. The van der Waals surface area contributed by atoms with Gasteiger partial charge in [-0.3, -0.25) is 14.5 Å². The summed E-state index contributed by atoms with van der Waals surface area (Å²) in [6, 6.07) is 8.01. The lowest BCUT2D eigenvalue weighted by Crippen LogP contribution is -2.55. The van der Waals surface area contributed by atoms with Crippen LogP contribution in [0.15, 0.2) is 24.3 Å². The van der Waals surface area contributed by atoms with E-state index >= 15 is 0 Å². The maximum absolute atomic E-state index is 12.5. The number of hydrogen-bond donors (Lipinski definition) is 1. The first kappa shape index (κ1) is 15.8. The minimum absolute atomic E-state index is 0.160. The van der Waals surface area contributed by atoms with Gasteiger partial charge in [-0.25, -0.2) is 0 Å². The summed E-state index contributed by atoms with van der Waals surface area (Å²) in [4.78, 5) is 29.9. The van der Waals surface area contributed by atoms with Gasteiger partial charge >= 0.3 is 0 Å². The lowest BCUT2D eigenvalue weighted by atomic mass is 10.2. The zero-order valence-corrected chi connectivity index (χ0v) is 13.6. The van der Waals surface area contributed by atoms with E-state index in [-0.39, 0.29) is 17.9 Å². The zero-order valence-electron chi connectivity index (χ0n) is 13.6. The summed E-state index contributed by atoms with van der Waals surface area (Å²) in [5.74, 6) is -0.147. The van der Waals surface area contributed by atoms with Gasteiger partial charge in [-0.1, -0.05) is 18.2 Å². The van der Waals surface area contributed by atoms with Gasteiger partial charge in [-0.15, -0.1) is 0 Å². The number of primary amides is 1. The molecule has 1 atom stereocenters. The van der Waals surface area contributed by atoms with Crippen LogP contribution in [0.2, 0.25) is 0 Å². The molecular formula is C17H24N4O2. The number of amides is 2. The van der Waals surface area contributed by atoms with E-state index in [4.69, 9.17) is 5.73 Å². The molecule has 1 saturated heterocycles. The summed E-state index contributed by atoms with van der Waals surface area (Å²) in [7, 11) is 0. The number of carbonyl (C=O) groups is 2. The summed E-state index contributed by atoms with van der Waals surface area (Å²) in [5, 5.41) is 0. The molecule has 23 heavy (non-hydrogen) atoms. The van der Waals surface area contributed by atoms with Gasteiger partial charge in [0.15, 0.2) is 0 Å². The molecule has 1 aromatic rings. The number of nitrogens with zero attached hydrogens (tertiary/aromatic N) is 3. The number of fused-ring (bicyclic) bond motifs is 1. The van der Waals surface area contributed by atoms with Crippen molar-refractivity contribution in [2.45, 2.75) is 19.4 Å². The molecule has 1 fully saturated rings. The minimum Gasteiger partial charge on any atom is -0.368 e. The SMILES string of the molecule is C[C@@H](C(N)=O)N1CCN(C(=O)CN2CCc3ccccc32)CC1. The summed E-state index contributed by atoms with van der Waals surface area (Å²) in [6.07, 6.45) is 1.01. The fourth-order valence-corrected chi connectivity index (χ4v) is 3.37. The fraction of sp³-hybridized carbons (Fsp3) is 0.529. The highest BCUT2D eigenvalue weighted by Gasteiger charge is 2.28. The average molecular weight is 316 g/mol. The van der Waals surface area contributed by atoms with Gasteiger partial charge in [-0.05, 0) is 25.0 Å². The van der Waals surface area contributed by atoms with Crippen LogP contribution in [-0.4, -0.2) is 66.9 Å². The molecule has 0 spiro atoms. The molecule has 2 aliphatic rings. The molecule has 2 amide bonds. The fourth-order valence-electron chi connectivity index (χ4n) is 3.37. The maximum atomic E-state index is 12.5. The summed E-state index contributed by atoms with van der Waals surface area (Å²) < 4.78 is 0. The third-order valence-electron chi connectivity index (χ3n) is 4.94. The first-order valence-electron chi connectivity index (χ1n) is 8.20. The van der Waals surface area contributed by atoms with E-state index in [0.29, 0.717) is 32.7 Å². The van der Waals surface area contributed by atoms with Crippen LogP contribution in [0, 0.1) is 0 Å². The molecule has 0 bridgehead atoms. The Labute approximate surface area is 136 Å². The third kappa shape index (κ3) is 3.32. The van der Waals surface area contributed by atoms with Crippen molar-refractivity contribution >= 4 is 17.5 Å². The lowest BCUT2D eigenvalue weighted by molar-refractivity contribution is -0.132. The minimum atomic E-state index is -0.307. The van der Waals surface area contributed by atoms with Gasteiger partial charge < -0.3 is 15.5 Å². The molecule has 0 saturated carbocycles. The van der Waals surface area contributed by atoms with Gasteiger partial charge in [0.05, 0.1) is 12.6 Å². The van der Waals surface area contributed by atoms with Crippen LogP contribution in [-0.2, 0) is 16.0 Å². The second-order valence-corrected chi connectivity index (χ2v) is 6.30. The van der Waals surface area contributed by atoms with Crippen LogP contribution in [0.3, 0.4) is 0 Å². The van der Waals surface area contributed by atoms with E-state index in [1.165, 1.54) is 11.3 Å². The van der Waals surface area contributed by atoms with Crippen molar-refractivity contribution < 1.29 is 9.59 Å². The summed E-state index contributed by atoms with van der Waals surface area (Å²) in [6.45, 7) is 5.88. The molecule has 1 aromatic carbocycles. The second-order valence-electron chi connectivity index (χ2n) is 6.30. The number of carbonyl (C=O) groups excluding carboxylic acids is 2. The Hall–Kier alpha value is -2.08. The Balaban J connectivity index is 1.54. The van der Waals surface area contributed by atoms with Crippen LogP contribution in [0.1, 0.15) is 12.5 Å². The third-order valence-corrected chi connectivity index (χ3v) is 4.94. The van der Waals surface area contributed by atoms with Crippen molar-refractivity contribution in [2.24, 2.45) is 5.73 Å². The smallest absolute Gasteiger partial charge is 0.242 e. The normalized spacial score (nSPS) is 19.5. The molecule has 0 aromatic heterocycles. The molecule has 0 unspecified atom stereocenters. The Morgan fingerprint density at radius 2 is 1.83 bits per heavy atom. The lowest BCUT2D eigenvalue weighted by Gasteiger charge is -2.37. The number of para-hydroxylation sites is 1. The van der Waals surface area contributed by atoms with Crippen LogP contribution in [0.4, 0.5) is 5.69 Å². The Morgan fingerprint density at radius 1 is 1.13 bits per heavy atom. The van der Waals surface area contributed by atoms with Crippen molar-refractivity contribution in [1.82, 2.24) is 9.80 Å². The maximum Gasteiger partial charge on any atom is 0.242 e. The zero-order chi connectivity index (χ0) is 16.4. The van der Waals surface area contributed by atoms with Gasteiger partial charge in [0, 0.05) is 38.4 Å². The number of anilines is 1. The highest BCUT2D eigenvalue weighted by atomic mass is 16.2. The number of piperazine rings is 1. The number of nitrogens with two attached hydrogens (primary N) is 1. The largest absolute Gasteiger partial charge is 0.368 e. The van der Waals surface area contributed by atoms with E-state index in [1.807, 2.05) is 28.9 Å². The highest BCUT2D eigenvalue weighted by Crippen LogP contribution is 2.27. The number of rotatable bonds is 4. The van der Waals surface area contributed by atoms with Crippen LogP contribution in [0.5, 0.6) is 0 Å². The monoisotopic (exact) mass is 316 g/mol. The average Bonchev–Trinajstić information content (AvgIpc) is 2.97. The van der Waals surface area contributed by atoms with E-state index in [1.54, 1.807) is 0 Å². The van der Waals surface area contributed by atoms with Crippen LogP contribution >= 0.6 is 0 Å². The predicted molar refractivity (Wildman–Crippen MR) is 89.2 cm³/mol. The van der Waals surface area contributed by atoms with Crippen molar-refractivity contribution in [3.05, 3.63) is 29.8 Å². The molecule has 2 aliphatic heterocycles. The van der Waals surface area contributed by atoms with Crippen LogP contribution < -0.4 is 10.6 Å². The Morgan fingerprint density at radius 3 is 2.52 bits per heavy atom. The van der Waals surface area contributed by atoms with E-state index < -0.39 is 0 Å². The predicted octanol–water partition coefficient (Wildman–Crippen LogP) is 0.0671. The van der Waals surface area contributed by atoms with Crippen molar-refractivity contribution in [1.29, 1.82) is 0 Å². The first-order chi connectivity index (χ1) is 11.1. The highest BCUT2D eigenvalue weighted by molar-refractivity contribution is 5.83. The van der Waals surface area contributed by atoms with Crippen molar-refractivity contribution in [3.8, 4) is 0 Å². The van der Waals surface area contributed by atoms with E-state index in [0.717, 1.165) is 13.0 Å². The molecule has 6 heteroatoms. The standard InChI is InChI=1S/C17H24N4O2/c1-13(17(18)23)19-8-10-20(11-9-19)16(22)12-21-7-6-14-4-2-3-5-15(14)21/h2-5,13H,6-12H2,1H3,(H2,18,23)/t13-/m0/s1. The number of hydrogen-bond acceptors (Lipinski definition) is 4. The molecule has 0 radical (unpaired) electrons. The topological polar surface area (TPSA) is 69.9 Å². The quantitative estimate of drug-likeness (QED) is 0.853. The molecular weight excluding hydrogens is 292 g/mol. The van der Waals surface area contributed by atoms with E-state index in [9.17, 15) is 9.59 Å². The van der Waals surface area contributed by atoms with E-state index in [2.05, 4.69) is 17.0 Å². The van der Waals surface area contributed by atoms with Gasteiger partial charge in [0.25, 0.3) is 0 Å². The Kier molecular flexibility index (Phi) is 4.52. The van der Waals surface area contributed by atoms with Gasteiger partial charge in [0.1, 0.15) is 0 Å². The molecule has 2 heterocycles. The number of benzene rings is 1. The van der Waals surface area contributed by atoms with Gasteiger partial charge in [0.2, 0.25) is 11.8 Å². The summed E-state index contributed by atoms with van der Waals surface area (Å²) >= 11 is 0. The first-order valence-corrected chi connectivity index (χ1v) is 8.20. The molecule has 124 valence electrons. The van der Waals surface area contributed by atoms with Gasteiger partial charge in [-0.2, -0.15) is 0 Å². The Bertz CT molecular complexity index is 596. The van der Waals surface area contributed by atoms with Crippen molar-refractivity contribution in [3.63, 3.8) is 0 Å². The molecule has 3 rings (SSSR count). The van der Waals surface area contributed by atoms with Crippen molar-refractivity contribution in [2.75, 3.05) is 44.2 Å². The molecule has 0 aliphatic carbocycles. The van der Waals surface area contributed by atoms with Crippen LogP contribution in [0.25, 0.3) is 0 Å².